The molecule has 0 saturated carbocycles. The van der Waals surface area contributed by atoms with Crippen molar-refractivity contribution in [3.8, 4) is 12.3 Å². The minimum Gasteiger partial charge on any atom is -0.381 e. The molecular weight excluding hydrogens is 224 g/mol. The van der Waals surface area contributed by atoms with Gasteiger partial charge in [0, 0.05) is 33.2 Å². The molecule has 1 saturated heterocycles. The Kier molecular flexibility index (Phi) is 4.19. The third kappa shape index (κ3) is 2.64. The molecular formula is C16H18O2. The third-order valence-electron chi connectivity index (χ3n) is 3.50. The lowest BCUT2D eigenvalue weighted by molar-refractivity contribution is -0.0947. The van der Waals surface area contributed by atoms with Crippen molar-refractivity contribution < 1.29 is 9.47 Å². The summed E-state index contributed by atoms with van der Waals surface area (Å²) in [5.74, 6) is 2.49. The second-order valence-corrected chi connectivity index (χ2v) is 4.43. The molecule has 0 aromatic heterocycles. The van der Waals surface area contributed by atoms with Crippen LogP contribution in [-0.4, -0.2) is 20.3 Å². The van der Waals surface area contributed by atoms with Crippen LogP contribution in [0.2, 0.25) is 0 Å². The number of hydrogen-bond acceptors (Lipinski definition) is 2. The van der Waals surface area contributed by atoms with Crippen molar-refractivity contribution in [3.63, 3.8) is 0 Å². The summed E-state index contributed by atoms with van der Waals surface area (Å²) in [5, 5.41) is 0. The number of allylic oxidation sites excluding steroid dienone is 1. The minimum atomic E-state index is -0.188. The zero-order chi connectivity index (χ0) is 12.8. The van der Waals surface area contributed by atoms with E-state index in [1.54, 1.807) is 13.2 Å². The molecule has 1 aliphatic rings. The topological polar surface area (TPSA) is 18.5 Å². The number of methoxy groups -OCH3 is 1. The summed E-state index contributed by atoms with van der Waals surface area (Å²) in [6, 6.07) is 8.37. The van der Waals surface area contributed by atoms with Crippen molar-refractivity contribution in [1.29, 1.82) is 0 Å². The molecule has 0 unspecified atom stereocenters. The molecule has 0 aliphatic carbocycles. The second-order valence-electron chi connectivity index (χ2n) is 4.43. The molecule has 0 spiro atoms. The van der Waals surface area contributed by atoms with Gasteiger partial charge in [-0.3, -0.25) is 0 Å². The molecule has 1 aromatic rings. The van der Waals surface area contributed by atoms with Gasteiger partial charge in [0.2, 0.25) is 0 Å². The molecule has 1 fully saturated rings. The Labute approximate surface area is 109 Å². The molecule has 2 heteroatoms. The first-order valence-corrected chi connectivity index (χ1v) is 6.17. The van der Waals surface area contributed by atoms with E-state index in [0.29, 0.717) is 0 Å². The molecule has 1 aliphatic heterocycles. The van der Waals surface area contributed by atoms with Gasteiger partial charge in [0.25, 0.3) is 0 Å². The largest absolute Gasteiger partial charge is 0.381 e. The quantitative estimate of drug-likeness (QED) is 0.759. The van der Waals surface area contributed by atoms with Crippen LogP contribution >= 0.6 is 0 Å². The van der Waals surface area contributed by atoms with Crippen molar-refractivity contribution >= 4 is 6.08 Å². The first-order valence-electron chi connectivity index (χ1n) is 6.17. The van der Waals surface area contributed by atoms with E-state index >= 15 is 0 Å². The zero-order valence-electron chi connectivity index (χ0n) is 10.7. The van der Waals surface area contributed by atoms with Crippen LogP contribution in [0.15, 0.2) is 30.3 Å². The fraction of sp³-hybridized carbons (Fsp3) is 0.375. The molecule has 94 valence electrons. The minimum absolute atomic E-state index is 0.188. The maximum atomic E-state index is 5.76. The van der Waals surface area contributed by atoms with Crippen LogP contribution in [0.5, 0.6) is 0 Å². The van der Waals surface area contributed by atoms with E-state index in [2.05, 4.69) is 30.2 Å². The van der Waals surface area contributed by atoms with Crippen LogP contribution in [0.1, 0.15) is 24.0 Å². The molecule has 0 amide bonds. The second kappa shape index (κ2) is 5.86. The highest BCUT2D eigenvalue weighted by atomic mass is 16.5. The first-order chi connectivity index (χ1) is 8.80. The Morgan fingerprint density at radius 2 is 1.94 bits per heavy atom. The Hall–Kier alpha value is -1.56. The number of terminal acetylenes is 1. The number of ether oxygens (including phenoxy) is 2. The number of benzene rings is 1. The highest BCUT2D eigenvalue weighted by molar-refractivity contribution is 5.53. The van der Waals surface area contributed by atoms with Crippen LogP contribution in [0.25, 0.3) is 6.08 Å². The summed E-state index contributed by atoms with van der Waals surface area (Å²) < 4.78 is 11.2. The monoisotopic (exact) mass is 242 g/mol. The van der Waals surface area contributed by atoms with E-state index in [4.69, 9.17) is 15.9 Å². The van der Waals surface area contributed by atoms with Crippen LogP contribution in [0, 0.1) is 12.3 Å². The molecule has 1 heterocycles. The molecule has 1 aromatic carbocycles. The normalized spacial score (nSPS) is 18.7. The Bertz CT molecular complexity index is 445. The van der Waals surface area contributed by atoms with Crippen LogP contribution in [0.4, 0.5) is 0 Å². The van der Waals surface area contributed by atoms with E-state index in [-0.39, 0.29) is 5.60 Å². The summed E-state index contributed by atoms with van der Waals surface area (Å²) >= 11 is 0. The molecule has 0 atom stereocenters. The Morgan fingerprint density at radius 1 is 1.28 bits per heavy atom. The molecule has 2 nitrogen and oxygen atoms in total. The third-order valence-corrected chi connectivity index (χ3v) is 3.50. The lowest BCUT2D eigenvalue weighted by atomic mass is 9.86. The lowest BCUT2D eigenvalue weighted by Gasteiger charge is -2.36. The summed E-state index contributed by atoms with van der Waals surface area (Å²) in [6.07, 6.45) is 10.6. The first kappa shape index (κ1) is 12.9. The maximum Gasteiger partial charge on any atom is 0.0971 e. The zero-order valence-corrected chi connectivity index (χ0v) is 10.7. The van der Waals surface area contributed by atoms with E-state index in [0.717, 1.165) is 31.6 Å². The number of rotatable bonds is 3. The van der Waals surface area contributed by atoms with Crippen LogP contribution in [0.3, 0.4) is 0 Å². The van der Waals surface area contributed by atoms with Gasteiger partial charge in [-0.1, -0.05) is 30.2 Å². The van der Waals surface area contributed by atoms with E-state index in [1.807, 2.05) is 6.08 Å². The fourth-order valence-corrected chi connectivity index (χ4v) is 2.35. The van der Waals surface area contributed by atoms with E-state index < -0.39 is 0 Å². The summed E-state index contributed by atoms with van der Waals surface area (Å²) in [5.41, 5.74) is 2.13. The summed E-state index contributed by atoms with van der Waals surface area (Å²) in [7, 11) is 1.78. The standard InChI is InChI=1S/C16H18O2/c1-3-4-5-14-6-8-15(9-7-14)16(17-2)10-12-18-13-11-16/h1,4-9H,10-13H2,2H3/b5-4+. The number of hydrogen-bond donors (Lipinski definition) is 0. The average Bonchev–Trinajstić information content (AvgIpc) is 2.46. The maximum absolute atomic E-state index is 5.76. The van der Waals surface area contributed by atoms with Gasteiger partial charge in [0.05, 0.1) is 5.60 Å². The van der Waals surface area contributed by atoms with E-state index in [1.165, 1.54) is 5.56 Å². The van der Waals surface area contributed by atoms with Gasteiger partial charge in [0.15, 0.2) is 0 Å². The fourth-order valence-electron chi connectivity index (χ4n) is 2.35. The molecule has 0 radical (unpaired) electrons. The molecule has 18 heavy (non-hydrogen) atoms. The summed E-state index contributed by atoms with van der Waals surface area (Å²) in [6.45, 7) is 1.51. The van der Waals surface area contributed by atoms with Crippen molar-refractivity contribution in [2.75, 3.05) is 20.3 Å². The van der Waals surface area contributed by atoms with Crippen molar-refractivity contribution in [2.24, 2.45) is 0 Å². The predicted molar refractivity (Wildman–Crippen MR) is 73.0 cm³/mol. The average molecular weight is 242 g/mol. The van der Waals surface area contributed by atoms with Gasteiger partial charge < -0.3 is 9.47 Å². The van der Waals surface area contributed by atoms with Gasteiger partial charge in [0.1, 0.15) is 0 Å². The van der Waals surface area contributed by atoms with Gasteiger partial charge in [-0.25, -0.2) is 0 Å². The van der Waals surface area contributed by atoms with Crippen molar-refractivity contribution in [1.82, 2.24) is 0 Å². The Morgan fingerprint density at radius 3 is 2.50 bits per heavy atom. The lowest BCUT2D eigenvalue weighted by Crippen LogP contribution is -2.35. The SMILES string of the molecule is C#C/C=C/c1ccc(C2(OC)CCOCC2)cc1. The van der Waals surface area contributed by atoms with Crippen molar-refractivity contribution in [3.05, 3.63) is 41.5 Å². The highest BCUT2D eigenvalue weighted by Gasteiger charge is 2.34. The molecule has 2 rings (SSSR count). The predicted octanol–water partition coefficient (Wildman–Crippen LogP) is 2.99. The van der Waals surface area contributed by atoms with E-state index in [9.17, 15) is 0 Å². The van der Waals surface area contributed by atoms with Crippen LogP contribution in [-0.2, 0) is 15.1 Å². The van der Waals surface area contributed by atoms with Crippen LogP contribution < -0.4 is 0 Å². The Balaban J connectivity index is 2.22. The van der Waals surface area contributed by atoms with Crippen molar-refractivity contribution in [2.45, 2.75) is 18.4 Å². The van der Waals surface area contributed by atoms with Gasteiger partial charge >= 0.3 is 0 Å². The molecule has 0 bridgehead atoms. The summed E-state index contributed by atoms with van der Waals surface area (Å²) in [4.78, 5) is 0. The highest BCUT2D eigenvalue weighted by Crippen LogP contribution is 2.35. The smallest absolute Gasteiger partial charge is 0.0971 e. The van der Waals surface area contributed by atoms with Gasteiger partial charge in [-0.05, 0) is 23.3 Å². The van der Waals surface area contributed by atoms with Gasteiger partial charge in [-0.2, -0.15) is 0 Å². The molecule has 0 N–H and O–H groups in total. The van der Waals surface area contributed by atoms with Gasteiger partial charge in [-0.15, -0.1) is 6.42 Å².